The zero-order chi connectivity index (χ0) is 23.0. The van der Waals surface area contributed by atoms with Gasteiger partial charge in [0.05, 0.1) is 12.2 Å². The van der Waals surface area contributed by atoms with E-state index in [1.807, 2.05) is 0 Å². The third kappa shape index (κ3) is 6.58. The predicted molar refractivity (Wildman–Crippen MR) is 114 cm³/mol. The fraction of sp³-hybridized carbons (Fsp3) is 0.143. The van der Waals surface area contributed by atoms with Crippen molar-refractivity contribution < 1.29 is 34.1 Å². The second kappa shape index (κ2) is 10.8. The summed E-state index contributed by atoms with van der Waals surface area (Å²) < 4.78 is 11.1. The van der Waals surface area contributed by atoms with Gasteiger partial charge in [0.25, 0.3) is 5.91 Å². The van der Waals surface area contributed by atoms with Crippen molar-refractivity contribution in [3.63, 3.8) is 0 Å². The summed E-state index contributed by atoms with van der Waals surface area (Å²) >= 11 is 3.30. The minimum absolute atomic E-state index is 0.0127. The number of carboxylic acid groups (broad SMARTS) is 2. The number of carbonyl (C=O) groups excluding carboxylic acids is 1. The van der Waals surface area contributed by atoms with Crippen LogP contribution in [0.15, 0.2) is 46.4 Å². The molecule has 1 amide bonds. The first-order valence-corrected chi connectivity index (χ1v) is 9.61. The molecule has 0 fully saturated rings. The molecule has 0 radical (unpaired) electrons. The molecule has 3 N–H and O–H groups in total. The molecule has 160 valence electrons. The van der Waals surface area contributed by atoms with E-state index in [-0.39, 0.29) is 34.9 Å². The van der Waals surface area contributed by atoms with Crippen molar-refractivity contribution in [2.75, 3.05) is 18.5 Å². The number of benzene rings is 2. The van der Waals surface area contributed by atoms with Crippen LogP contribution in [0.5, 0.6) is 11.5 Å². The van der Waals surface area contributed by atoms with Gasteiger partial charge < -0.3 is 25.0 Å². The van der Waals surface area contributed by atoms with Crippen LogP contribution in [0.1, 0.15) is 22.8 Å². The Kier molecular flexibility index (Phi) is 8.16. The van der Waals surface area contributed by atoms with Crippen molar-refractivity contribution in [1.29, 1.82) is 5.26 Å². The summed E-state index contributed by atoms with van der Waals surface area (Å²) in [5.41, 5.74) is 0.374. The lowest BCUT2D eigenvalue weighted by Gasteiger charge is -2.13. The largest absolute Gasteiger partial charge is 0.490 e. The number of anilines is 1. The van der Waals surface area contributed by atoms with Crippen molar-refractivity contribution >= 4 is 45.5 Å². The number of amides is 1. The minimum atomic E-state index is -1.15. The highest BCUT2D eigenvalue weighted by molar-refractivity contribution is 9.10. The van der Waals surface area contributed by atoms with Crippen LogP contribution in [0, 0.1) is 11.3 Å². The molecule has 0 aliphatic carbocycles. The SMILES string of the molecule is CCOc1cc(/C=C(/C#N)C(=O)Nc2cccc(C(=O)O)c2)c(Br)cc1OCC(=O)O. The maximum atomic E-state index is 12.5. The fourth-order valence-electron chi connectivity index (χ4n) is 2.41. The average molecular weight is 489 g/mol. The van der Waals surface area contributed by atoms with E-state index in [4.69, 9.17) is 19.7 Å². The van der Waals surface area contributed by atoms with Gasteiger partial charge in [-0.25, -0.2) is 9.59 Å². The number of aliphatic carboxylic acids is 1. The van der Waals surface area contributed by atoms with Gasteiger partial charge in [-0.1, -0.05) is 22.0 Å². The number of hydrogen-bond acceptors (Lipinski definition) is 6. The highest BCUT2D eigenvalue weighted by Gasteiger charge is 2.15. The molecule has 0 spiro atoms. The van der Waals surface area contributed by atoms with Crippen LogP contribution in [0.25, 0.3) is 6.08 Å². The quantitative estimate of drug-likeness (QED) is 0.358. The van der Waals surface area contributed by atoms with Gasteiger partial charge in [-0.2, -0.15) is 5.26 Å². The molecule has 0 heterocycles. The Morgan fingerprint density at radius 1 is 1.16 bits per heavy atom. The number of aromatic carboxylic acids is 1. The Morgan fingerprint density at radius 2 is 1.87 bits per heavy atom. The summed E-state index contributed by atoms with van der Waals surface area (Å²) in [5, 5.41) is 29.8. The Balaban J connectivity index is 2.34. The zero-order valence-electron chi connectivity index (χ0n) is 16.2. The maximum absolute atomic E-state index is 12.5. The van der Waals surface area contributed by atoms with Crippen LogP contribution in [0.3, 0.4) is 0 Å². The van der Waals surface area contributed by atoms with Gasteiger partial charge in [-0.15, -0.1) is 0 Å². The van der Waals surface area contributed by atoms with E-state index in [1.165, 1.54) is 42.5 Å². The maximum Gasteiger partial charge on any atom is 0.341 e. The molecule has 0 aliphatic heterocycles. The van der Waals surface area contributed by atoms with Gasteiger partial charge in [0.2, 0.25) is 0 Å². The Morgan fingerprint density at radius 3 is 2.48 bits per heavy atom. The molecule has 0 aliphatic rings. The number of nitrogens with one attached hydrogen (secondary N) is 1. The third-order valence-corrected chi connectivity index (χ3v) is 4.43. The Bertz CT molecular complexity index is 1090. The van der Waals surface area contributed by atoms with E-state index in [0.29, 0.717) is 10.0 Å². The number of nitriles is 1. The van der Waals surface area contributed by atoms with Crippen LogP contribution in [-0.2, 0) is 9.59 Å². The predicted octanol–water partition coefficient (Wildman–Crippen LogP) is 3.56. The van der Waals surface area contributed by atoms with Crippen molar-refractivity contribution in [1.82, 2.24) is 0 Å². The van der Waals surface area contributed by atoms with Crippen molar-refractivity contribution in [2.45, 2.75) is 6.92 Å². The summed E-state index contributed by atoms with van der Waals surface area (Å²) in [7, 11) is 0. The highest BCUT2D eigenvalue weighted by atomic mass is 79.9. The smallest absolute Gasteiger partial charge is 0.341 e. The van der Waals surface area contributed by atoms with Crippen LogP contribution in [0.2, 0.25) is 0 Å². The normalized spacial score (nSPS) is 10.7. The van der Waals surface area contributed by atoms with Crippen molar-refractivity contribution in [3.05, 3.63) is 57.6 Å². The van der Waals surface area contributed by atoms with Crippen LogP contribution in [0.4, 0.5) is 5.69 Å². The summed E-state index contributed by atoms with van der Waals surface area (Å²) in [4.78, 5) is 34.3. The van der Waals surface area contributed by atoms with E-state index in [0.717, 1.165) is 0 Å². The average Bonchev–Trinajstić information content (AvgIpc) is 2.72. The molecule has 10 heteroatoms. The topological polar surface area (TPSA) is 146 Å². The number of hydrogen-bond donors (Lipinski definition) is 3. The molecule has 2 aromatic rings. The molecule has 0 unspecified atom stereocenters. The lowest BCUT2D eigenvalue weighted by Crippen LogP contribution is -2.14. The minimum Gasteiger partial charge on any atom is -0.490 e. The van der Waals surface area contributed by atoms with E-state index in [2.05, 4.69) is 21.2 Å². The van der Waals surface area contributed by atoms with Gasteiger partial charge in [0, 0.05) is 10.2 Å². The summed E-state index contributed by atoms with van der Waals surface area (Å²) in [5.74, 6) is -2.62. The van der Waals surface area contributed by atoms with Crippen LogP contribution >= 0.6 is 15.9 Å². The second-order valence-corrected chi connectivity index (χ2v) is 6.80. The summed E-state index contributed by atoms with van der Waals surface area (Å²) in [6, 6.07) is 10.4. The van der Waals surface area contributed by atoms with Crippen LogP contribution in [-0.4, -0.2) is 41.3 Å². The van der Waals surface area contributed by atoms with Gasteiger partial charge in [-0.3, -0.25) is 4.79 Å². The van der Waals surface area contributed by atoms with Crippen molar-refractivity contribution in [3.8, 4) is 17.6 Å². The number of nitrogens with zero attached hydrogens (tertiary/aromatic N) is 1. The molecule has 9 nitrogen and oxygen atoms in total. The molecule has 0 atom stereocenters. The molecule has 2 aromatic carbocycles. The molecule has 0 saturated heterocycles. The lowest BCUT2D eigenvalue weighted by atomic mass is 10.1. The molecule has 0 saturated carbocycles. The molecule has 2 rings (SSSR count). The number of halogens is 1. The standard InChI is InChI=1S/C21H17BrN2O7/c1-2-30-17-8-13(16(22)9-18(17)31-11-19(25)26)6-14(10-23)20(27)24-15-5-3-4-12(7-15)21(28)29/h3-9H,2,11H2,1H3,(H,24,27)(H,25,26)(H,28,29)/b14-6-. The third-order valence-electron chi connectivity index (χ3n) is 3.75. The molecule has 0 bridgehead atoms. The summed E-state index contributed by atoms with van der Waals surface area (Å²) in [6.45, 7) is 1.45. The van der Waals surface area contributed by atoms with Gasteiger partial charge >= 0.3 is 11.9 Å². The lowest BCUT2D eigenvalue weighted by molar-refractivity contribution is -0.139. The van der Waals surface area contributed by atoms with Crippen LogP contribution < -0.4 is 14.8 Å². The molecule has 31 heavy (non-hydrogen) atoms. The first kappa shape index (κ1) is 23.4. The van der Waals surface area contributed by atoms with Gasteiger partial charge in [0.1, 0.15) is 11.6 Å². The highest BCUT2D eigenvalue weighted by Crippen LogP contribution is 2.35. The van der Waals surface area contributed by atoms with Gasteiger partial charge in [-0.05, 0) is 48.9 Å². The number of carbonyl (C=O) groups is 3. The van der Waals surface area contributed by atoms with E-state index >= 15 is 0 Å². The zero-order valence-corrected chi connectivity index (χ0v) is 17.8. The Hall–Kier alpha value is -3.84. The molecular formula is C21H17BrN2O7. The van der Waals surface area contributed by atoms with Crippen molar-refractivity contribution in [2.24, 2.45) is 0 Å². The van der Waals surface area contributed by atoms with E-state index in [9.17, 15) is 19.6 Å². The van der Waals surface area contributed by atoms with E-state index in [1.54, 1.807) is 13.0 Å². The number of rotatable bonds is 9. The monoisotopic (exact) mass is 488 g/mol. The first-order chi connectivity index (χ1) is 14.7. The molecular weight excluding hydrogens is 472 g/mol. The number of ether oxygens (including phenoxy) is 2. The van der Waals surface area contributed by atoms with Gasteiger partial charge in [0.15, 0.2) is 18.1 Å². The number of carboxylic acids is 2. The Labute approximate surface area is 185 Å². The second-order valence-electron chi connectivity index (χ2n) is 5.95. The van der Waals surface area contributed by atoms with E-state index < -0.39 is 24.5 Å². The fourth-order valence-corrected chi connectivity index (χ4v) is 2.85. The molecule has 0 aromatic heterocycles. The summed E-state index contributed by atoms with van der Waals surface area (Å²) in [6.07, 6.45) is 1.31. The first-order valence-electron chi connectivity index (χ1n) is 8.82.